The molecular weight excluding hydrogens is 306 g/mol. The van der Waals surface area contributed by atoms with E-state index in [1.165, 1.54) is 6.33 Å². The molecule has 3 heterocycles. The van der Waals surface area contributed by atoms with Crippen LogP contribution in [0, 0.1) is 12.8 Å². The van der Waals surface area contributed by atoms with Crippen molar-refractivity contribution in [1.29, 1.82) is 0 Å². The third kappa shape index (κ3) is 3.38. The van der Waals surface area contributed by atoms with Gasteiger partial charge in [-0.25, -0.2) is 13.8 Å². The Morgan fingerprint density at radius 3 is 3.13 bits per heavy atom. The first-order valence-corrected chi connectivity index (χ1v) is 7.53. The van der Waals surface area contributed by atoms with Crippen molar-refractivity contribution >= 4 is 17.5 Å². The van der Waals surface area contributed by atoms with Crippen LogP contribution in [0.15, 0.2) is 12.4 Å². The second-order valence-electron chi connectivity index (χ2n) is 5.65. The average Bonchev–Trinajstić information content (AvgIpc) is 3.00. The van der Waals surface area contributed by atoms with Crippen LogP contribution in [0.25, 0.3) is 5.78 Å². The van der Waals surface area contributed by atoms with E-state index in [2.05, 4.69) is 20.4 Å². The van der Waals surface area contributed by atoms with Gasteiger partial charge < -0.3 is 10.2 Å². The number of aryl methyl sites for hydroxylation is 1. The molecule has 23 heavy (non-hydrogen) atoms. The van der Waals surface area contributed by atoms with Crippen LogP contribution in [-0.2, 0) is 4.79 Å². The van der Waals surface area contributed by atoms with Crippen molar-refractivity contribution in [2.75, 3.05) is 24.5 Å². The molecule has 0 aromatic carbocycles. The Kier molecular flexibility index (Phi) is 4.35. The number of piperidine rings is 1. The summed E-state index contributed by atoms with van der Waals surface area (Å²) >= 11 is 0. The summed E-state index contributed by atoms with van der Waals surface area (Å²) in [6.45, 7) is 2.51. The lowest BCUT2D eigenvalue weighted by Gasteiger charge is -2.33. The van der Waals surface area contributed by atoms with Crippen LogP contribution in [0.1, 0.15) is 18.5 Å². The van der Waals surface area contributed by atoms with Crippen LogP contribution in [0.5, 0.6) is 0 Å². The molecule has 0 bridgehead atoms. The minimum Gasteiger partial charge on any atom is -0.356 e. The zero-order valence-electron chi connectivity index (χ0n) is 12.7. The number of anilines is 1. The Balaban J connectivity index is 1.77. The van der Waals surface area contributed by atoms with Crippen molar-refractivity contribution in [3.63, 3.8) is 0 Å². The normalized spacial score (nSPS) is 18.6. The van der Waals surface area contributed by atoms with E-state index in [1.54, 1.807) is 4.52 Å². The maximum atomic E-state index is 12.2. The molecule has 1 aliphatic rings. The van der Waals surface area contributed by atoms with Gasteiger partial charge in [-0.2, -0.15) is 14.6 Å². The van der Waals surface area contributed by atoms with Crippen LogP contribution in [0.4, 0.5) is 14.6 Å². The van der Waals surface area contributed by atoms with Gasteiger partial charge in [-0.1, -0.05) is 0 Å². The first-order chi connectivity index (χ1) is 11.0. The van der Waals surface area contributed by atoms with E-state index in [1.807, 2.05) is 17.9 Å². The highest BCUT2D eigenvalue weighted by Crippen LogP contribution is 2.24. The predicted octanol–water partition coefficient (Wildman–Crippen LogP) is 1.03. The molecule has 1 N–H and O–H groups in total. The molecule has 2 aromatic rings. The van der Waals surface area contributed by atoms with Gasteiger partial charge in [0.05, 0.1) is 12.5 Å². The monoisotopic (exact) mass is 324 g/mol. The average molecular weight is 324 g/mol. The fraction of sp³-hybridized carbons (Fsp3) is 0.571. The van der Waals surface area contributed by atoms with Gasteiger partial charge in [0.15, 0.2) is 0 Å². The smallest absolute Gasteiger partial charge is 0.255 e. The molecule has 0 spiro atoms. The number of alkyl halides is 2. The minimum atomic E-state index is -2.53. The Hall–Kier alpha value is -2.32. The molecule has 0 aliphatic carbocycles. The number of nitrogens with zero attached hydrogens (tertiary/aromatic N) is 5. The number of hydrogen-bond acceptors (Lipinski definition) is 5. The summed E-state index contributed by atoms with van der Waals surface area (Å²) in [7, 11) is 0. The topological polar surface area (TPSA) is 75.4 Å². The van der Waals surface area contributed by atoms with E-state index in [0.29, 0.717) is 18.7 Å². The first-order valence-electron chi connectivity index (χ1n) is 7.53. The summed E-state index contributed by atoms with van der Waals surface area (Å²) in [5.74, 6) is 0.686. The van der Waals surface area contributed by atoms with Gasteiger partial charge in [0.2, 0.25) is 5.91 Å². The van der Waals surface area contributed by atoms with Gasteiger partial charge >= 0.3 is 0 Å². The highest BCUT2D eigenvalue weighted by molar-refractivity contribution is 5.79. The molecule has 1 saturated heterocycles. The molecule has 3 rings (SSSR count). The van der Waals surface area contributed by atoms with Crippen LogP contribution in [0.2, 0.25) is 0 Å². The van der Waals surface area contributed by atoms with E-state index >= 15 is 0 Å². The Morgan fingerprint density at radius 2 is 2.35 bits per heavy atom. The molecule has 7 nitrogen and oxygen atoms in total. The summed E-state index contributed by atoms with van der Waals surface area (Å²) in [6.07, 6.45) is 0.402. The lowest BCUT2D eigenvalue weighted by molar-refractivity contribution is -0.125. The molecule has 9 heteroatoms. The van der Waals surface area contributed by atoms with Gasteiger partial charge in [-0.15, -0.1) is 0 Å². The molecule has 0 radical (unpaired) electrons. The Labute approximate surface area is 131 Å². The number of carbonyl (C=O) groups excluding carboxylic acids is 1. The molecule has 1 atom stereocenters. The van der Waals surface area contributed by atoms with Gasteiger partial charge in [-0.3, -0.25) is 4.79 Å². The summed E-state index contributed by atoms with van der Waals surface area (Å²) in [5.41, 5.74) is 0.810. The second kappa shape index (κ2) is 6.43. The lowest BCUT2D eigenvalue weighted by atomic mass is 9.97. The number of fused-ring (bicyclic) bond motifs is 1. The third-order valence-corrected chi connectivity index (χ3v) is 3.91. The van der Waals surface area contributed by atoms with Crippen molar-refractivity contribution in [2.24, 2.45) is 5.92 Å². The highest BCUT2D eigenvalue weighted by Gasteiger charge is 2.27. The summed E-state index contributed by atoms with van der Waals surface area (Å²) in [6, 6.07) is 1.89. The van der Waals surface area contributed by atoms with E-state index in [-0.39, 0.29) is 11.8 Å². The van der Waals surface area contributed by atoms with E-state index < -0.39 is 13.0 Å². The van der Waals surface area contributed by atoms with Crippen LogP contribution in [0.3, 0.4) is 0 Å². The molecule has 2 aromatic heterocycles. The van der Waals surface area contributed by atoms with Crippen molar-refractivity contribution in [1.82, 2.24) is 24.9 Å². The Morgan fingerprint density at radius 1 is 1.52 bits per heavy atom. The van der Waals surface area contributed by atoms with Crippen molar-refractivity contribution < 1.29 is 13.6 Å². The molecule has 1 amide bonds. The lowest BCUT2D eigenvalue weighted by Crippen LogP contribution is -2.44. The fourth-order valence-electron chi connectivity index (χ4n) is 2.86. The van der Waals surface area contributed by atoms with Crippen LogP contribution >= 0.6 is 0 Å². The molecule has 1 aliphatic heterocycles. The molecular formula is C14H18F2N6O. The third-order valence-electron chi connectivity index (χ3n) is 3.91. The molecule has 1 unspecified atom stereocenters. The number of aromatic nitrogens is 4. The van der Waals surface area contributed by atoms with E-state index in [4.69, 9.17) is 0 Å². The number of amides is 1. The standard InChI is InChI=1S/C14H18F2N6O/c1-9-5-12(22-14(20-9)18-8-19-22)21-4-2-3-10(7-21)13(23)17-6-11(15)16/h5,8,10-11H,2-4,6-7H2,1H3,(H,17,23). The Bertz CT molecular complexity index is 704. The number of halogens is 2. The number of hydrogen-bond donors (Lipinski definition) is 1. The molecule has 1 fully saturated rings. The summed E-state index contributed by atoms with van der Waals surface area (Å²) < 4.78 is 26.1. The van der Waals surface area contributed by atoms with Crippen LogP contribution in [-0.4, -0.2) is 51.5 Å². The van der Waals surface area contributed by atoms with Crippen molar-refractivity contribution in [3.05, 3.63) is 18.1 Å². The van der Waals surface area contributed by atoms with Gasteiger partial charge in [0.1, 0.15) is 12.1 Å². The van der Waals surface area contributed by atoms with E-state index in [0.717, 1.165) is 24.5 Å². The first kappa shape index (κ1) is 15.6. The SMILES string of the molecule is Cc1cc(N2CCCC(C(=O)NCC(F)F)C2)n2ncnc2n1. The van der Waals surface area contributed by atoms with Gasteiger partial charge in [0.25, 0.3) is 12.2 Å². The minimum absolute atomic E-state index is 0.311. The number of nitrogens with one attached hydrogen (secondary N) is 1. The van der Waals surface area contributed by atoms with E-state index in [9.17, 15) is 13.6 Å². The molecule has 0 saturated carbocycles. The summed E-state index contributed by atoms with van der Waals surface area (Å²) in [4.78, 5) is 22.5. The zero-order chi connectivity index (χ0) is 16.4. The predicted molar refractivity (Wildman–Crippen MR) is 79.5 cm³/mol. The van der Waals surface area contributed by atoms with Crippen molar-refractivity contribution in [3.8, 4) is 0 Å². The van der Waals surface area contributed by atoms with Gasteiger partial charge in [0, 0.05) is 24.8 Å². The second-order valence-corrected chi connectivity index (χ2v) is 5.65. The maximum absolute atomic E-state index is 12.2. The molecule has 124 valence electrons. The quantitative estimate of drug-likeness (QED) is 0.909. The van der Waals surface area contributed by atoms with Crippen molar-refractivity contribution in [2.45, 2.75) is 26.2 Å². The van der Waals surface area contributed by atoms with Gasteiger partial charge in [-0.05, 0) is 19.8 Å². The fourth-order valence-corrected chi connectivity index (χ4v) is 2.86. The highest BCUT2D eigenvalue weighted by atomic mass is 19.3. The number of rotatable bonds is 4. The largest absolute Gasteiger partial charge is 0.356 e. The number of carbonyl (C=O) groups is 1. The zero-order valence-corrected chi connectivity index (χ0v) is 12.7. The maximum Gasteiger partial charge on any atom is 0.255 e. The van der Waals surface area contributed by atoms with Crippen LogP contribution < -0.4 is 10.2 Å². The summed E-state index contributed by atoms with van der Waals surface area (Å²) in [5, 5.41) is 6.47.